The predicted molar refractivity (Wildman–Crippen MR) is 85.4 cm³/mol. The fourth-order valence-corrected chi connectivity index (χ4v) is 2.23. The smallest absolute Gasteiger partial charge is 0.254 e. The van der Waals surface area contributed by atoms with Crippen LogP contribution in [0.4, 0.5) is 0 Å². The van der Waals surface area contributed by atoms with Crippen molar-refractivity contribution >= 4 is 16.9 Å². The van der Waals surface area contributed by atoms with Crippen LogP contribution in [0.1, 0.15) is 15.9 Å². The molecule has 0 saturated carbocycles. The summed E-state index contributed by atoms with van der Waals surface area (Å²) in [4.78, 5) is 20.4. The molecule has 0 bridgehead atoms. The molecule has 0 fully saturated rings. The van der Waals surface area contributed by atoms with Gasteiger partial charge in [-0.3, -0.25) is 9.78 Å². The minimum absolute atomic E-state index is 0.199. The van der Waals surface area contributed by atoms with Gasteiger partial charge in [0.1, 0.15) is 17.7 Å². The summed E-state index contributed by atoms with van der Waals surface area (Å²) in [5, 5.41) is 0. The number of aromatic nitrogens is 2. The second-order valence-electron chi connectivity index (χ2n) is 4.86. The predicted octanol–water partition coefficient (Wildman–Crippen LogP) is 2.32. The van der Waals surface area contributed by atoms with E-state index < -0.39 is 5.91 Å². The van der Waals surface area contributed by atoms with Crippen molar-refractivity contribution in [2.75, 3.05) is 7.11 Å². The number of benzene rings is 1. The molecule has 3 aromatic rings. The number of hydrogen-bond acceptors (Lipinski definition) is 5. The topological polar surface area (TPSA) is 87.3 Å². The highest BCUT2D eigenvalue weighted by molar-refractivity contribution is 6.06. The number of carbonyl (C=O) groups is 1. The van der Waals surface area contributed by atoms with Gasteiger partial charge in [-0.25, -0.2) is 4.98 Å². The van der Waals surface area contributed by atoms with Gasteiger partial charge in [-0.2, -0.15) is 0 Å². The van der Waals surface area contributed by atoms with Crippen LogP contribution in [0.15, 0.2) is 48.7 Å². The van der Waals surface area contributed by atoms with Crippen molar-refractivity contribution < 1.29 is 14.3 Å². The van der Waals surface area contributed by atoms with Crippen LogP contribution in [-0.2, 0) is 6.61 Å². The van der Waals surface area contributed by atoms with Gasteiger partial charge < -0.3 is 15.2 Å². The zero-order chi connectivity index (χ0) is 16.2. The van der Waals surface area contributed by atoms with E-state index in [1.807, 2.05) is 30.3 Å². The Morgan fingerprint density at radius 3 is 2.65 bits per heavy atom. The minimum Gasteiger partial charge on any atom is -0.486 e. The van der Waals surface area contributed by atoms with Crippen molar-refractivity contribution in [2.45, 2.75) is 6.61 Å². The maximum atomic E-state index is 11.9. The second kappa shape index (κ2) is 6.31. The molecule has 23 heavy (non-hydrogen) atoms. The van der Waals surface area contributed by atoms with Crippen molar-refractivity contribution in [3.63, 3.8) is 0 Å². The van der Waals surface area contributed by atoms with E-state index >= 15 is 0 Å². The highest BCUT2D eigenvalue weighted by Crippen LogP contribution is 2.26. The highest BCUT2D eigenvalue weighted by atomic mass is 16.5. The third kappa shape index (κ3) is 3.06. The summed E-state index contributed by atoms with van der Waals surface area (Å²) in [5.74, 6) is 0.0535. The highest BCUT2D eigenvalue weighted by Gasteiger charge is 2.17. The molecule has 0 unspecified atom stereocenters. The van der Waals surface area contributed by atoms with Crippen LogP contribution in [-0.4, -0.2) is 23.0 Å². The van der Waals surface area contributed by atoms with Gasteiger partial charge in [0, 0.05) is 6.07 Å². The van der Waals surface area contributed by atoms with Crippen LogP contribution < -0.4 is 15.2 Å². The SMILES string of the molecule is COc1ccc2ncc(OCc3ccccc3)c(C(N)=O)c2n1. The first-order valence-corrected chi connectivity index (χ1v) is 6.99. The normalized spacial score (nSPS) is 10.5. The van der Waals surface area contributed by atoms with Crippen LogP contribution >= 0.6 is 0 Å². The van der Waals surface area contributed by atoms with Crippen LogP contribution in [0.3, 0.4) is 0 Å². The lowest BCUT2D eigenvalue weighted by Crippen LogP contribution is -2.15. The second-order valence-corrected chi connectivity index (χ2v) is 4.86. The number of hydrogen-bond donors (Lipinski definition) is 1. The zero-order valence-corrected chi connectivity index (χ0v) is 12.5. The van der Waals surface area contributed by atoms with E-state index in [1.165, 1.54) is 13.3 Å². The van der Waals surface area contributed by atoms with Gasteiger partial charge in [-0.15, -0.1) is 0 Å². The Kier molecular flexibility index (Phi) is 4.05. The Bertz CT molecular complexity index is 850. The molecular weight excluding hydrogens is 294 g/mol. The van der Waals surface area contributed by atoms with E-state index in [9.17, 15) is 4.79 Å². The van der Waals surface area contributed by atoms with Crippen molar-refractivity contribution in [1.82, 2.24) is 9.97 Å². The summed E-state index contributed by atoms with van der Waals surface area (Å²) in [5.41, 5.74) is 7.60. The van der Waals surface area contributed by atoms with Crippen molar-refractivity contribution in [1.29, 1.82) is 0 Å². The van der Waals surface area contributed by atoms with Crippen molar-refractivity contribution in [3.05, 3.63) is 59.8 Å². The number of nitrogens with two attached hydrogens (primary N) is 1. The maximum absolute atomic E-state index is 11.9. The Morgan fingerprint density at radius 2 is 1.96 bits per heavy atom. The van der Waals surface area contributed by atoms with Gasteiger partial charge in [0.25, 0.3) is 5.91 Å². The molecule has 0 aliphatic carbocycles. The molecule has 2 aromatic heterocycles. The average Bonchev–Trinajstić information content (AvgIpc) is 2.59. The first-order chi connectivity index (χ1) is 11.2. The minimum atomic E-state index is -0.624. The van der Waals surface area contributed by atoms with E-state index in [1.54, 1.807) is 12.1 Å². The Labute approximate surface area is 132 Å². The molecule has 0 radical (unpaired) electrons. The van der Waals surface area contributed by atoms with Crippen LogP contribution in [0.5, 0.6) is 11.6 Å². The van der Waals surface area contributed by atoms with Crippen LogP contribution in [0, 0.1) is 0 Å². The summed E-state index contributed by atoms with van der Waals surface area (Å²) in [6, 6.07) is 13.0. The van der Waals surface area contributed by atoms with Gasteiger partial charge in [0.2, 0.25) is 5.88 Å². The molecule has 1 aromatic carbocycles. The Morgan fingerprint density at radius 1 is 1.17 bits per heavy atom. The molecule has 0 aliphatic heterocycles. The first-order valence-electron chi connectivity index (χ1n) is 6.99. The number of nitrogens with zero attached hydrogens (tertiary/aromatic N) is 2. The third-order valence-electron chi connectivity index (χ3n) is 3.35. The summed E-state index contributed by atoms with van der Waals surface area (Å²) >= 11 is 0. The van der Waals surface area contributed by atoms with E-state index in [2.05, 4.69) is 9.97 Å². The molecular formula is C17H15N3O3. The Balaban J connectivity index is 2.02. The molecule has 6 heteroatoms. The third-order valence-corrected chi connectivity index (χ3v) is 3.35. The zero-order valence-electron chi connectivity index (χ0n) is 12.5. The number of pyridine rings is 2. The van der Waals surface area contributed by atoms with E-state index in [-0.39, 0.29) is 5.56 Å². The number of fused-ring (bicyclic) bond motifs is 1. The molecule has 2 heterocycles. The van der Waals surface area contributed by atoms with Crippen molar-refractivity contribution in [3.8, 4) is 11.6 Å². The van der Waals surface area contributed by atoms with Crippen molar-refractivity contribution in [2.24, 2.45) is 5.73 Å². The number of amides is 1. The number of ether oxygens (including phenoxy) is 2. The van der Waals surface area contributed by atoms with Gasteiger partial charge in [-0.1, -0.05) is 30.3 Å². The Hall–Kier alpha value is -3.15. The number of rotatable bonds is 5. The molecule has 116 valence electrons. The monoisotopic (exact) mass is 309 g/mol. The van der Waals surface area contributed by atoms with Gasteiger partial charge in [0.15, 0.2) is 5.75 Å². The summed E-state index contributed by atoms with van der Waals surface area (Å²) in [6.45, 7) is 0.304. The molecule has 0 aliphatic rings. The lowest BCUT2D eigenvalue weighted by Gasteiger charge is -2.11. The van der Waals surface area contributed by atoms with Crippen LogP contribution in [0.25, 0.3) is 11.0 Å². The average molecular weight is 309 g/mol. The van der Waals surface area contributed by atoms with Gasteiger partial charge in [-0.05, 0) is 11.6 Å². The lowest BCUT2D eigenvalue weighted by molar-refractivity contribution is 0.0997. The fraction of sp³-hybridized carbons (Fsp3) is 0.118. The summed E-state index contributed by atoms with van der Waals surface area (Å²) in [6.07, 6.45) is 1.49. The molecule has 0 spiro atoms. The number of carbonyl (C=O) groups excluding carboxylic acids is 1. The molecule has 3 rings (SSSR count). The molecule has 0 atom stereocenters. The molecule has 1 amide bonds. The standard InChI is InChI=1S/C17H15N3O3/c1-22-14-8-7-12-16(20-14)15(17(18)21)13(9-19-12)23-10-11-5-3-2-4-6-11/h2-9H,10H2,1H3,(H2,18,21). The molecule has 2 N–H and O–H groups in total. The molecule has 6 nitrogen and oxygen atoms in total. The van der Waals surface area contributed by atoms with E-state index in [0.29, 0.717) is 29.3 Å². The summed E-state index contributed by atoms with van der Waals surface area (Å²) < 4.78 is 10.8. The molecule has 0 saturated heterocycles. The quantitative estimate of drug-likeness (QED) is 0.781. The van der Waals surface area contributed by atoms with Gasteiger partial charge >= 0.3 is 0 Å². The lowest BCUT2D eigenvalue weighted by atomic mass is 10.1. The van der Waals surface area contributed by atoms with Gasteiger partial charge in [0.05, 0.1) is 18.8 Å². The maximum Gasteiger partial charge on any atom is 0.254 e. The fourth-order valence-electron chi connectivity index (χ4n) is 2.23. The van der Waals surface area contributed by atoms with E-state index in [4.69, 9.17) is 15.2 Å². The number of primary amides is 1. The largest absolute Gasteiger partial charge is 0.486 e. The summed E-state index contributed by atoms with van der Waals surface area (Å²) in [7, 11) is 1.50. The first kappa shape index (κ1) is 14.8. The van der Waals surface area contributed by atoms with E-state index in [0.717, 1.165) is 5.56 Å². The van der Waals surface area contributed by atoms with Crippen LogP contribution in [0.2, 0.25) is 0 Å². The number of methoxy groups -OCH3 is 1.